The summed E-state index contributed by atoms with van der Waals surface area (Å²) in [6.45, 7) is 4.16. The van der Waals surface area contributed by atoms with Crippen molar-refractivity contribution in [3.63, 3.8) is 0 Å². The third kappa shape index (κ3) is 1.85. The van der Waals surface area contributed by atoms with E-state index in [1.165, 1.54) is 16.1 Å². The molecule has 2 rings (SSSR count). The Bertz CT molecular complexity index is 476. The van der Waals surface area contributed by atoms with E-state index in [0.717, 1.165) is 17.7 Å². The van der Waals surface area contributed by atoms with Crippen LogP contribution in [0.3, 0.4) is 0 Å². The minimum atomic E-state index is 0.591. The van der Waals surface area contributed by atoms with Gasteiger partial charge in [-0.3, -0.25) is 0 Å². The van der Waals surface area contributed by atoms with Crippen LogP contribution in [-0.2, 0) is 6.42 Å². The zero-order valence-corrected chi connectivity index (χ0v) is 9.64. The Hall–Kier alpha value is -1.42. The van der Waals surface area contributed by atoms with Gasteiger partial charge in [-0.05, 0) is 25.5 Å². The Morgan fingerprint density at radius 3 is 2.73 bits per heavy atom. The molecule has 0 aromatic carbocycles. The largest absolute Gasteiger partial charge is 0.383 e. The molecule has 0 saturated carbocycles. The van der Waals surface area contributed by atoms with Gasteiger partial charge >= 0.3 is 0 Å². The van der Waals surface area contributed by atoms with Crippen LogP contribution in [0.2, 0.25) is 0 Å². The molecule has 0 saturated heterocycles. The van der Waals surface area contributed by atoms with E-state index in [9.17, 15) is 0 Å². The Kier molecular flexibility index (Phi) is 2.68. The van der Waals surface area contributed by atoms with Crippen LogP contribution in [-0.4, -0.2) is 9.97 Å². The molecule has 0 spiro atoms. The first kappa shape index (κ1) is 10.1. The number of hydrogen-bond donors (Lipinski definition) is 1. The first-order valence-electron chi connectivity index (χ1n) is 4.88. The van der Waals surface area contributed by atoms with Crippen LogP contribution in [0.5, 0.6) is 0 Å². The molecule has 0 radical (unpaired) electrons. The summed E-state index contributed by atoms with van der Waals surface area (Å²) in [6.07, 6.45) is 2.39. The first-order valence-corrected chi connectivity index (χ1v) is 5.70. The van der Waals surface area contributed by atoms with Crippen molar-refractivity contribution in [2.24, 2.45) is 0 Å². The Morgan fingerprint density at radius 1 is 1.33 bits per heavy atom. The normalized spacial score (nSPS) is 10.5. The molecule has 0 unspecified atom stereocenters. The van der Waals surface area contributed by atoms with Crippen LogP contribution in [0, 0.1) is 6.92 Å². The highest BCUT2D eigenvalue weighted by Crippen LogP contribution is 2.30. The fraction of sp³-hybridized carbons (Fsp3) is 0.273. The number of nitrogen functional groups attached to an aromatic ring is 1. The van der Waals surface area contributed by atoms with E-state index in [0.29, 0.717) is 5.82 Å². The smallest absolute Gasteiger partial charge is 0.130 e. The Labute approximate surface area is 93.0 Å². The molecule has 78 valence electrons. The molecule has 2 heterocycles. The van der Waals surface area contributed by atoms with Crippen molar-refractivity contribution in [2.75, 3.05) is 5.73 Å². The van der Waals surface area contributed by atoms with Crippen molar-refractivity contribution < 1.29 is 0 Å². The number of hydrogen-bond acceptors (Lipinski definition) is 4. The third-order valence-electron chi connectivity index (χ3n) is 2.31. The molecule has 0 aliphatic heterocycles. The van der Waals surface area contributed by atoms with Crippen molar-refractivity contribution >= 4 is 17.2 Å². The molecule has 0 fully saturated rings. The van der Waals surface area contributed by atoms with Gasteiger partial charge in [-0.2, -0.15) is 0 Å². The Morgan fingerprint density at radius 2 is 2.13 bits per heavy atom. The Balaban J connectivity index is 2.57. The highest BCUT2D eigenvalue weighted by Gasteiger charge is 2.10. The lowest BCUT2D eigenvalue weighted by Gasteiger charge is -2.06. The minimum absolute atomic E-state index is 0.591. The molecular weight excluding hydrogens is 206 g/mol. The van der Waals surface area contributed by atoms with E-state index < -0.39 is 0 Å². The summed E-state index contributed by atoms with van der Waals surface area (Å²) in [5.41, 5.74) is 7.85. The van der Waals surface area contributed by atoms with E-state index in [4.69, 9.17) is 5.73 Å². The van der Waals surface area contributed by atoms with E-state index in [2.05, 4.69) is 35.9 Å². The van der Waals surface area contributed by atoms with Gasteiger partial charge in [0.1, 0.15) is 12.1 Å². The minimum Gasteiger partial charge on any atom is -0.383 e. The summed E-state index contributed by atoms with van der Waals surface area (Å²) in [6, 6.07) is 4.18. The molecule has 0 amide bonds. The molecule has 0 aliphatic rings. The lowest BCUT2D eigenvalue weighted by Crippen LogP contribution is -2.00. The molecule has 3 nitrogen and oxygen atoms in total. The van der Waals surface area contributed by atoms with Crippen molar-refractivity contribution in [1.29, 1.82) is 0 Å². The van der Waals surface area contributed by atoms with Crippen molar-refractivity contribution in [1.82, 2.24) is 9.97 Å². The van der Waals surface area contributed by atoms with Gasteiger partial charge < -0.3 is 5.73 Å². The van der Waals surface area contributed by atoms with Gasteiger partial charge in [0, 0.05) is 10.4 Å². The number of nitrogens with two attached hydrogens (primary N) is 1. The van der Waals surface area contributed by atoms with Crippen LogP contribution in [0.25, 0.3) is 10.6 Å². The molecule has 15 heavy (non-hydrogen) atoms. The number of nitrogens with zero attached hydrogens (tertiary/aromatic N) is 2. The standard InChI is InChI=1S/C11H13N3S/c1-3-8-10(13-6-14-11(8)12)9-5-4-7(2)15-9/h4-6H,3H2,1-2H3,(H2,12,13,14). The molecule has 0 aliphatic carbocycles. The number of rotatable bonds is 2. The molecular formula is C11H13N3S. The van der Waals surface area contributed by atoms with Crippen LogP contribution in [0.1, 0.15) is 17.4 Å². The first-order chi connectivity index (χ1) is 7.22. The maximum atomic E-state index is 5.83. The lowest BCUT2D eigenvalue weighted by atomic mass is 10.1. The highest BCUT2D eigenvalue weighted by atomic mass is 32.1. The van der Waals surface area contributed by atoms with E-state index in [1.807, 2.05) is 0 Å². The van der Waals surface area contributed by atoms with Crippen LogP contribution >= 0.6 is 11.3 Å². The molecule has 0 bridgehead atoms. The topological polar surface area (TPSA) is 51.8 Å². The zero-order chi connectivity index (χ0) is 10.8. The van der Waals surface area contributed by atoms with E-state index in [1.54, 1.807) is 11.3 Å². The summed E-state index contributed by atoms with van der Waals surface area (Å²) >= 11 is 1.73. The van der Waals surface area contributed by atoms with E-state index in [-0.39, 0.29) is 0 Å². The van der Waals surface area contributed by atoms with Crippen LogP contribution < -0.4 is 5.73 Å². The third-order valence-corrected chi connectivity index (χ3v) is 3.31. The quantitative estimate of drug-likeness (QED) is 0.844. The van der Waals surface area contributed by atoms with Gasteiger partial charge in [-0.1, -0.05) is 6.92 Å². The summed E-state index contributed by atoms with van der Waals surface area (Å²) in [4.78, 5) is 10.8. The fourth-order valence-electron chi connectivity index (χ4n) is 1.55. The second kappa shape index (κ2) is 3.98. The SMILES string of the molecule is CCc1c(N)ncnc1-c1ccc(C)s1. The number of thiophene rings is 1. The van der Waals surface area contributed by atoms with Gasteiger partial charge in [-0.25, -0.2) is 9.97 Å². The zero-order valence-electron chi connectivity index (χ0n) is 8.82. The van der Waals surface area contributed by atoms with Gasteiger partial charge in [0.2, 0.25) is 0 Å². The predicted octanol–water partition coefficient (Wildman–Crippen LogP) is 2.66. The second-order valence-corrected chi connectivity index (χ2v) is 4.64. The van der Waals surface area contributed by atoms with Crippen LogP contribution in [0.15, 0.2) is 18.5 Å². The molecule has 2 aromatic heterocycles. The molecule has 4 heteroatoms. The van der Waals surface area contributed by atoms with Gasteiger partial charge in [0.25, 0.3) is 0 Å². The average molecular weight is 219 g/mol. The maximum absolute atomic E-state index is 5.83. The van der Waals surface area contributed by atoms with Crippen LogP contribution in [0.4, 0.5) is 5.82 Å². The molecule has 2 N–H and O–H groups in total. The van der Waals surface area contributed by atoms with Gasteiger partial charge in [0.05, 0.1) is 10.6 Å². The van der Waals surface area contributed by atoms with E-state index >= 15 is 0 Å². The summed E-state index contributed by atoms with van der Waals surface area (Å²) in [5, 5.41) is 0. The summed E-state index contributed by atoms with van der Waals surface area (Å²) < 4.78 is 0. The molecule has 0 atom stereocenters. The second-order valence-electron chi connectivity index (χ2n) is 3.35. The monoisotopic (exact) mass is 219 g/mol. The van der Waals surface area contributed by atoms with Gasteiger partial charge in [0.15, 0.2) is 0 Å². The predicted molar refractivity (Wildman–Crippen MR) is 63.9 cm³/mol. The maximum Gasteiger partial charge on any atom is 0.130 e. The lowest BCUT2D eigenvalue weighted by molar-refractivity contribution is 1.06. The van der Waals surface area contributed by atoms with Crippen molar-refractivity contribution in [2.45, 2.75) is 20.3 Å². The highest BCUT2D eigenvalue weighted by molar-refractivity contribution is 7.15. The number of aryl methyl sites for hydroxylation is 1. The number of anilines is 1. The fourth-order valence-corrected chi connectivity index (χ4v) is 2.44. The molecule has 2 aromatic rings. The number of aromatic nitrogens is 2. The summed E-state index contributed by atoms with van der Waals surface area (Å²) in [7, 11) is 0. The van der Waals surface area contributed by atoms with Gasteiger partial charge in [-0.15, -0.1) is 11.3 Å². The average Bonchev–Trinajstić information content (AvgIpc) is 2.64. The summed E-state index contributed by atoms with van der Waals surface area (Å²) in [5.74, 6) is 0.591. The van der Waals surface area contributed by atoms with Crippen molar-refractivity contribution in [3.8, 4) is 10.6 Å². The van der Waals surface area contributed by atoms with Crippen molar-refractivity contribution in [3.05, 3.63) is 28.9 Å².